The summed E-state index contributed by atoms with van der Waals surface area (Å²) in [7, 11) is 0. The highest BCUT2D eigenvalue weighted by Gasteiger charge is 2.26. The van der Waals surface area contributed by atoms with Crippen molar-refractivity contribution in [1.82, 2.24) is 5.43 Å². The maximum absolute atomic E-state index is 5.77. The normalized spacial score (nSPS) is 25.9. The molecule has 0 saturated heterocycles. The fourth-order valence-electron chi connectivity index (χ4n) is 3.35. The van der Waals surface area contributed by atoms with Gasteiger partial charge < -0.3 is 0 Å². The van der Waals surface area contributed by atoms with Gasteiger partial charge in [0.1, 0.15) is 0 Å². The number of hydrogen-bond donors (Lipinski definition) is 2. The first kappa shape index (κ1) is 15.7. The van der Waals surface area contributed by atoms with Gasteiger partial charge in [0.25, 0.3) is 0 Å². The van der Waals surface area contributed by atoms with Crippen LogP contribution in [-0.4, -0.2) is 6.04 Å². The van der Waals surface area contributed by atoms with E-state index < -0.39 is 0 Å². The van der Waals surface area contributed by atoms with Crippen LogP contribution in [-0.2, 0) is 0 Å². The summed E-state index contributed by atoms with van der Waals surface area (Å²) in [5.41, 5.74) is 3.09. The number of rotatable bonds is 9. The van der Waals surface area contributed by atoms with Crippen LogP contribution in [0.3, 0.4) is 0 Å². The van der Waals surface area contributed by atoms with E-state index in [1.54, 1.807) is 0 Å². The van der Waals surface area contributed by atoms with Crippen molar-refractivity contribution < 1.29 is 0 Å². The molecule has 0 bridgehead atoms. The smallest absolute Gasteiger partial charge is 0.0238 e. The summed E-state index contributed by atoms with van der Waals surface area (Å²) in [5.74, 6) is 7.52. The highest BCUT2D eigenvalue weighted by atomic mass is 15.2. The molecular formula is C16H32N2. The zero-order valence-corrected chi connectivity index (χ0v) is 12.2. The predicted molar refractivity (Wildman–Crippen MR) is 80.1 cm³/mol. The Kier molecular flexibility index (Phi) is 8.36. The zero-order chi connectivity index (χ0) is 13.2. The SMILES string of the molecule is C=CCCCCCC(NN)C1CCCC(CC)C1. The standard InChI is InChI=1S/C16H32N2/c1-3-5-6-7-8-12-16(18-17)15-11-9-10-14(4-2)13-15/h3,14-16,18H,1,4-13,17H2,2H3. The summed E-state index contributed by atoms with van der Waals surface area (Å²) in [4.78, 5) is 0. The molecule has 1 aliphatic rings. The van der Waals surface area contributed by atoms with Gasteiger partial charge in [-0.25, -0.2) is 0 Å². The Bertz CT molecular complexity index is 215. The minimum absolute atomic E-state index is 0.545. The molecular weight excluding hydrogens is 220 g/mol. The lowest BCUT2D eigenvalue weighted by Crippen LogP contribution is -2.42. The molecule has 0 spiro atoms. The lowest BCUT2D eigenvalue weighted by molar-refractivity contribution is 0.200. The van der Waals surface area contributed by atoms with Gasteiger partial charge >= 0.3 is 0 Å². The molecule has 0 radical (unpaired) electrons. The second-order valence-corrected chi connectivity index (χ2v) is 5.90. The van der Waals surface area contributed by atoms with Gasteiger partial charge in [0.15, 0.2) is 0 Å². The fraction of sp³-hybridized carbons (Fsp3) is 0.875. The third kappa shape index (κ3) is 5.53. The first-order valence-corrected chi connectivity index (χ1v) is 7.88. The van der Waals surface area contributed by atoms with Gasteiger partial charge in [-0.1, -0.05) is 45.1 Å². The third-order valence-electron chi connectivity index (χ3n) is 4.61. The van der Waals surface area contributed by atoms with E-state index in [9.17, 15) is 0 Å². The van der Waals surface area contributed by atoms with Crippen LogP contribution in [0, 0.1) is 11.8 Å². The molecule has 3 unspecified atom stereocenters. The van der Waals surface area contributed by atoms with Gasteiger partial charge in [-0.3, -0.25) is 11.3 Å². The minimum Gasteiger partial charge on any atom is -0.271 e. The van der Waals surface area contributed by atoms with Crippen molar-refractivity contribution in [2.24, 2.45) is 17.7 Å². The van der Waals surface area contributed by atoms with Gasteiger partial charge in [-0.05, 0) is 43.9 Å². The quantitative estimate of drug-likeness (QED) is 0.280. The summed E-state index contributed by atoms with van der Waals surface area (Å²) in [5, 5.41) is 0. The van der Waals surface area contributed by atoms with Gasteiger partial charge in [-0.2, -0.15) is 0 Å². The van der Waals surface area contributed by atoms with E-state index in [0.717, 1.165) is 18.3 Å². The van der Waals surface area contributed by atoms with Crippen molar-refractivity contribution in [3.05, 3.63) is 12.7 Å². The van der Waals surface area contributed by atoms with E-state index in [-0.39, 0.29) is 0 Å². The van der Waals surface area contributed by atoms with E-state index in [1.807, 2.05) is 6.08 Å². The van der Waals surface area contributed by atoms with E-state index in [2.05, 4.69) is 18.9 Å². The largest absolute Gasteiger partial charge is 0.271 e. The topological polar surface area (TPSA) is 38.0 Å². The van der Waals surface area contributed by atoms with Crippen molar-refractivity contribution >= 4 is 0 Å². The Balaban J connectivity index is 2.24. The molecule has 0 amide bonds. The fourth-order valence-corrected chi connectivity index (χ4v) is 3.35. The highest BCUT2D eigenvalue weighted by Crippen LogP contribution is 2.34. The molecule has 0 aromatic heterocycles. The molecule has 2 nitrogen and oxygen atoms in total. The summed E-state index contributed by atoms with van der Waals surface area (Å²) in [6, 6.07) is 0.545. The Morgan fingerprint density at radius 3 is 2.83 bits per heavy atom. The molecule has 0 aromatic carbocycles. The Labute approximate surface area is 113 Å². The van der Waals surface area contributed by atoms with E-state index in [1.165, 1.54) is 57.8 Å². The monoisotopic (exact) mass is 252 g/mol. The molecule has 0 heterocycles. The molecule has 3 atom stereocenters. The van der Waals surface area contributed by atoms with E-state index in [0.29, 0.717) is 6.04 Å². The van der Waals surface area contributed by atoms with Crippen LogP contribution in [0.5, 0.6) is 0 Å². The lowest BCUT2D eigenvalue weighted by atomic mass is 9.76. The summed E-state index contributed by atoms with van der Waals surface area (Å²) < 4.78 is 0. The first-order valence-electron chi connectivity index (χ1n) is 7.88. The van der Waals surface area contributed by atoms with Crippen LogP contribution in [0.2, 0.25) is 0 Å². The van der Waals surface area contributed by atoms with Crippen molar-refractivity contribution in [1.29, 1.82) is 0 Å². The lowest BCUT2D eigenvalue weighted by Gasteiger charge is -2.34. The number of hydrogen-bond acceptors (Lipinski definition) is 2. The van der Waals surface area contributed by atoms with Gasteiger partial charge in [0, 0.05) is 6.04 Å². The van der Waals surface area contributed by atoms with Crippen molar-refractivity contribution in [3.63, 3.8) is 0 Å². The van der Waals surface area contributed by atoms with E-state index in [4.69, 9.17) is 5.84 Å². The molecule has 1 rings (SSSR count). The number of nitrogens with two attached hydrogens (primary N) is 1. The average Bonchev–Trinajstić information content (AvgIpc) is 2.43. The Morgan fingerprint density at radius 2 is 2.17 bits per heavy atom. The van der Waals surface area contributed by atoms with E-state index >= 15 is 0 Å². The van der Waals surface area contributed by atoms with Gasteiger partial charge in [-0.15, -0.1) is 6.58 Å². The Hall–Kier alpha value is -0.340. The first-order chi connectivity index (χ1) is 8.81. The highest BCUT2D eigenvalue weighted by molar-refractivity contribution is 4.81. The van der Waals surface area contributed by atoms with Crippen LogP contribution in [0.4, 0.5) is 0 Å². The molecule has 1 aliphatic carbocycles. The second-order valence-electron chi connectivity index (χ2n) is 5.90. The maximum Gasteiger partial charge on any atom is 0.0238 e. The third-order valence-corrected chi connectivity index (χ3v) is 4.61. The van der Waals surface area contributed by atoms with Crippen LogP contribution in [0.1, 0.15) is 71.1 Å². The van der Waals surface area contributed by atoms with Crippen LogP contribution < -0.4 is 11.3 Å². The Morgan fingerprint density at radius 1 is 1.33 bits per heavy atom. The molecule has 1 fully saturated rings. The summed E-state index contributed by atoms with van der Waals surface area (Å²) in [6.45, 7) is 6.10. The molecule has 0 aromatic rings. The molecule has 0 aliphatic heterocycles. The predicted octanol–water partition coefficient (Wildman–Crippen LogP) is 4.17. The number of allylic oxidation sites excluding steroid dienone is 1. The average molecular weight is 252 g/mol. The number of nitrogens with one attached hydrogen (secondary N) is 1. The molecule has 3 N–H and O–H groups in total. The molecule has 2 heteroatoms. The summed E-state index contributed by atoms with van der Waals surface area (Å²) in [6.07, 6.45) is 15.3. The van der Waals surface area contributed by atoms with Gasteiger partial charge in [0.05, 0.1) is 0 Å². The van der Waals surface area contributed by atoms with Crippen molar-refractivity contribution in [3.8, 4) is 0 Å². The summed E-state index contributed by atoms with van der Waals surface area (Å²) >= 11 is 0. The van der Waals surface area contributed by atoms with Gasteiger partial charge in [0.2, 0.25) is 0 Å². The number of unbranched alkanes of at least 4 members (excludes halogenated alkanes) is 3. The molecule has 1 saturated carbocycles. The second kappa shape index (κ2) is 9.57. The van der Waals surface area contributed by atoms with Crippen molar-refractivity contribution in [2.45, 2.75) is 77.2 Å². The maximum atomic E-state index is 5.77. The van der Waals surface area contributed by atoms with Crippen LogP contribution in [0.25, 0.3) is 0 Å². The minimum atomic E-state index is 0.545. The molecule has 106 valence electrons. The van der Waals surface area contributed by atoms with Crippen LogP contribution >= 0.6 is 0 Å². The van der Waals surface area contributed by atoms with Crippen molar-refractivity contribution in [2.75, 3.05) is 0 Å². The molecule has 18 heavy (non-hydrogen) atoms. The number of hydrazine groups is 1. The zero-order valence-electron chi connectivity index (χ0n) is 12.2. The van der Waals surface area contributed by atoms with Crippen LogP contribution in [0.15, 0.2) is 12.7 Å².